The van der Waals surface area contributed by atoms with Gasteiger partial charge in [-0.2, -0.15) is 0 Å². The van der Waals surface area contributed by atoms with Crippen LogP contribution in [-0.4, -0.2) is 31.4 Å². The second kappa shape index (κ2) is 8.15. The fourth-order valence-electron chi connectivity index (χ4n) is 2.14. The third-order valence-electron chi connectivity index (χ3n) is 3.24. The lowest BCUT2D eigenvalue weighted by Crippen LogP contribution is -2.19. The molecule has 0 unspecified atom stereocenters. The zero-order valence-electron chi connectivity index (χ0n) is 13.9. The van der Waals surface area contributed by atoms with E-state index in [1.165, 1.54) is 33.5 Å². The maximum Gasteiger partial charge on any atom is 0.271 e. The summed E-state index contributed by atoms with van der Waals surface area (Å²) in [6.07, 6.45) is 0. The van der Waals surface area contributed by atoms with Crippen molar-refractivity contribution in [3.8, 4) is 17.2 Å². The van der Waals surface area contributed by atoms with Gasteiger partial charge in [0.1, 0.15) is 0 Å². The van der Waals surface area contributed by atoms with Crippen molar-refractivity contribution in [3.63, 3.8) is 0 Å². The molecular weight excluding hydrogens is 346 g/mol. The van der Waals surface area contributed by atoms with Crippen LogP contribution in [0.1, 0.15) is 0 Å². The van der Waals surface area contributed by atoms with Crippen molar-refractivity contribution in [1.29, 1.82) is 0 Å². The van der Waals surface area contributed by atoms with Gasteiger partial charge in [-0.25, -0.2) is 0 Å². The minimum Gasteiger partial charge on any atom is -0.493 e. The summed E-state index contributed by atoms with van der Waals surface area (Å²) in [7, 11) is 4.55. The number of hydrogen-bond donors (Lipinski definition) is 2. The minimum atomic E-state index is -0.471. The molecule has 25 heavy (non-hydrogen) atoms. The van der Waals surface area contributed by atoms with Gasteiger partial charge in [0.2, 0.25) is 5.75 Å². The third kappa shape index (κ3) is 4.48. The molecule has 0 aliphatic rings. The van der Waals surface area contributed by atoms with Crippen molar-refractivity contribution in [2.45, 2.75) is 0 Å². The summed E-state index contributed by atoms with van der Waals surface area (Å²) < 4.78 is 15.8. The smallest absolute Gasteiger partial charge is 0.271 e. The number of ether oxygens (including phenoxy) is 3. The normalized spacial score (nSPS) is 9.88. The van der Waals surface area contributed by atoms with Crippen LogP contribution in [0.2, 0.25) is 0 Å². The zero-order valence-corrected chi connectivity index (χ0v) is 14.7. The number of benzene rings is 2. The van der Waals surface area contributed by atoms with Crippen LogP contribution in [0, 0.1) is 10.1 Å². The molecule has 2 aromatic rings. The number of thiocarbonyl (C=S) groups is 1. The molecule has 2 rings (SSSR count). The van der Waals surface area contributed by atoms with Gasteiger partial charge in [0.15, 0.2) is 16.6 Å². The van der Waals surface area contributed by atoms with Crippen LogP contribution in [0.4, 0.5) is 17.1 Å². The van der Waals surface area contributed by atoms with E-state index in [-0.39, 0.29) is 10.8 Å². The minimum absolute atomic E-state index is 0.0272. The van der Waals surface area contributed by atoms with Gasteiger partial charge in [0, 0.05) is 35.6 Å². The van der Waals surface area contributed by atoms with Gasteiger partial charge in [-0.15, -0.1) is 0 Å². The first kappa shape index (κ1) is 18.3. The fourth-order valence-corrected chi connectivity index (χ4v) is 2.38. The number of anilines is 2. The van der Waals surface area contributed by atoms with Crippen LogP contribution in [0.15, 0.2) is 36.4 Å². The average Bonchev–Trinajstić information content (AvgIpc) is 2.60. The van der Waals surface area contributed by atoms with Gasteiger partial charge in [0.25, 0.3) is 5.69 Å². The van der Waals surface area contributed by atoms with Gasteiger partial charge in [-0.1, -0.05) is 6.07 Å². The number of nitro groups is 1. The van der Waals surface area contributed by atoms with E-state index in [0.29, 0.717) is 28.6 Å². The summed E-state index contributed by atoms with van der Waals surface area (Å²) in [5.74, 6) is 1.41. The summed E-state index contributed by atoms with van der Waals surface area (Å²) in [6, 6.07) is 9.44. The van der Waals surface area contributed by atoms with Crippen molar-refractivity contribution in [2.24, 2.45) is 0 Å². The molecule has 8 nitrogen and oxygen atoms in total. The SMILES string of the molecule is COc1cc(NC(=S)Nc2cccc([N+](=O)[O-])c2)cc(OC)c1OC. The number of nitrogens with zero attached hydrogens (tertiary/aromatic N) is 1. The van der Waals surface area contributed by atoms with Gasteiger partial charge >= 0.3 is 0 Å². The second-order valence-corrected chi connectivity index (χ2v) is 5.21. The molecule has 2 N–H and O–H groups in total. The summed E-state index contributed by atoms with van der Waals surface area (Å²) in [5, 5.41) is 16.9. The molecule has 2 aromatic carbocycles. The Labute approximate surface area is 149 Å². The molecule has 0 spiro atoms. The predicted molar refractivity (Wildman–Crippen MR) is 99.0 cm³/mol. The molecule has 132 valence electrons. The quantitative estimate of drug-likeness (QED) is 0.458. The average molecular weight is 363 g/mol. The highest BCUT2D eigenvalue weighted by Gasteiger charge is 2.14. The summed E-state index contributed by atoms with van der Waals surface area (Å²) in [6.45, 7) is 0. The summed E-state index contributed by atoms with van der Waals surface area (Å²) in [5.41, 5.74) is 1.08. The third-order valence-corrected chi connectivity index (χ3v) is 3.44. The number of rotatable bonds is 6. The molecule has 0 aliphatic heterocycles. The van der Waals surface area contributed by atoms with E-state index >= 15 is 0 Å². The molecule has 0 atom stereocenters. The van der Waals surface area contributed by atoms with Crippen LogP contribution in [0.3, 0.4) is 0 Å². The highest BCUT2D eigenvalue weighted by atomic mass is 32.1. The Bertz CT molecular complexity index is 772. The van der Waals surface area contributed by atoms with Crippen molar-refractivity contribution >= 4 is 34.4 Å². The van der Waals surface area contributed by atoms with E-state index < -0.39 is 4.92 Å². The van der Waals surface area contributed by atoms with Crippen LogP contribution < -0.4 is 24.8 Å². The lowest BCUT2D eigenvalue weighted by Gasteiger charge is -2.16. The van der Waals surface area contributed by atoms with E-state index in [0.717, 1.165) is 0 Å². The van der Waals surface area contributed by atoms with Crippen molar-refractivity contribution in [3.05, 3.63) is 46.5 Å². The Balaban J connectivity index is 2.17. The van der Waals surface area contributed by atoms with Crippen molar-refractivity contribution in [1.82, 2.24) is 0 Å². The van der Waals surface area contributed by atoms with E-state index in [9.17, 15) is 10.1 Å². The molecule has 0 aromatic heterocycles. The molecule has 0 bridgehead atoms. The van der Waals surface area contributed by atoms with Crippen LogP contribution >= 0.6 is 12.2 Å². The molecule has 0 heterocycles. The summed E-state index contributed by atoms with van der Waals surface area (Å²) >= 11 is 5.24. The zero-order chi connectivity index (χ0) is 18.4. The molecular formula is C16H17N3O5S. The molecule has 0 saturated heterocycles. The van der Waals surface area contributed by atoms with Crippen molar-refractivity contribution < 1.29 is 19.1 Å². The largest absolute Gasteiger partial charge is 0.493 e. The van der Waals surface area contributed by atoms with Crippen molar-refractivity contribution in [2.75, 3.05) is 32.0 Å². The number of hydrogen-bond acceptors (Lipinski definition) is 6. The summed E-state index contributed by atoms with van der Waals surface area (Å²) in [4.78, 5) is 10.3. The molecule has 0 saturated carbocycles. The number of non-ortho nitro benzene ring substituents is 1. The molecule has 0 aliphatic carbocycles. The first-order valence-corrected chi connectivity index (χ1v) is 7.51. The fraction of sp³-hybridized carbons (Fsp3) is 0.188. The van der Waals surface area contributed by atoms with E-state index in [2.05, 4.69) is 10.6 Å². The Kier molecular flexibility index (Phi) is 5.96. The molecule has 0 fully saturated rings. The van der Waals surface area contributed by atoms with Gasteiger partial charge in [-0.05, 0) is 18.3 Å². The lowest BCUT2D eigenvalue weighted by atomic mass is 10.2. The Morgan fingerprint density at radius 3 is 2.12 bits per heavy atom. The maximum absolute atomic E-state index is 10.8. The number of nitro benzene ring substituents is 1. The second-order valence-electron chi connectivity index (χ2n) is 4.80. The highest BCUT2D eigenvalue weighted by Crippen LogP contribution is 2.39. The Morgan fingerprint density at radius 1 is 1.00 bits per heavy atom. The van der Waals surface area contributed by atoms with E-state index in [1.807, 2.05) is 0 Å². The van der Waals surface area contributed by atoms with Crippen LogP contribution in [-0.2, 0) is 0 Å². The van der Waals surface area contributed by atoms with Gasteiger partial charge in [-0.3, -0.25) is 10.1 Å². The van der Waals surface area contributed by atoms with Gasteiger partial charge < -0.3 is 24.8 Å². The first-order chi connectivity index (χ1) is 12.0. The topological polar surface area (TPSA) is 94.9 Å². The predicted octanol–water partition coefficient (Wildman–Crippen LogP) is 3.43. The monoisotopic (exact) mass is 363 g/mol. The molecule has 0 radical (unpaired) electrons. The van der Waals surface area contributed by atoms with E-state index in [1.54, 1.807) is 24.3 Å². The Morgan fingerprint density at radius 2 is 1.60 bits per heavy atom. The number of methoxy groups -OCH3 is 3. The Hall–Kier alpha value is -3.07. The van der Waals surface area contributed by atoms with Crippen LogP contribution in [0.25, 0.3) is 0 Å². The van der Waals surface area contributed by atoms with Crippen LogP contribution in [0.5, 0.6) is 17.2 Å². The lowest BCUT2D eigenvalue weighted by molar-refractivity contribution is -0.384. The number of nitrogens with one attached hydrogen (secondary N) is 2. The molecule has 9 heteroatoms. The maximum atomic E-state index is 10.8. The van der Waals surface area contributed by atoms with E-state index in [4.69, 9.17) is 26.4 Å². The first-order valence-electron chi connectivity index (χ1n) is 7.11. The molecule has 0 amide bonds. The van der Waals surface area contributed by atoms with Gasteiger partial charge in [0.05, 0.1) is 26.3 Å². The highest BCUT2D eigenvalue weighted by molar-refractivity contribution is 7.80. The standard InChI is InChI=1S/C16H17N3O5S/c1-22-13-8-11(9-14(23-2)15(13)24-3)18-16(25)17-10-5-4-6-12(7-10)19(20)21/h4-9H,1-3H3,(H2,17,18,25).